The van der Waals surface area contributed by atoms with Gasteiger partial charge in [-0.2, -0.15) is 5.26 Å². The highest BCUT2D eigenvalue weighted by molar-refractivity contribution is 5.97. The van der Waals surface area contributed by atoms with Gasteiger partial charge >= 0.3 is 0 Å². The Hall–Kier alpha value is -2.09. The predicted octanol–water partition coefficient (Wildman–Crippen LogP) is 0.742. The minimum Gasteiger partial charge on any atom is -0.507 e. The summed E-state index contributed by atoms with van der Waals surface area (Å²) in [6.45, 7) is 0. The zero-order chi connectivity index (χ0) is 9.84. The van der Waals surface area contributed by atoms with Crippen molar-refractivity contribution in [3.63, 3.8) is 0 Å². The number of aromatic hydroxyl groups is 1. The number of phenols is 1. The molecule has 0 spiro atoms. The topological polar surface area (TPSA) is 73.1 Å². The van der Waals surface area contributed by atoms with E-state index in [-0.39, 0.29) is 11.3 Å². The third-order valence-electron chi connectivity index (χ3n) is 1.37. The van der Waals surface area contributed by atoms with Gasteiger partial charge in [-0.25, -0.2) is 4.39 Å². The van der Waals surface area contributed by atoms with E-state index < -0.39 is 11.7 Å². The summed E-state index contributed by atoms with van der Waals surface area (Å²) in [6, 6.07) is 2.90. The van der Waals surface area contributed by atoms with E-state index in [1.807, 2.05) is 0 Å². The molecule has 0 bridgehead atoms. The number of carbonyl (C=O) groups excluding carboxylic acids is 1. The van der Waals surface area contributed by atoms with Crippen molar-refractivity contribution in [2.45, 2.75) is 0 Å². The van der Waals surface area contributed by atoms with Crippen LogP contribution in [0, 0.1) is 17.3 Å². The minimum absolute atomic E-state index is 0.262. The van der Waals surface area contributed by atoms with Crippen LogP contribution in [-0.2, 0) is 0 Å². The molecule has 2 N–H and O–H groups in total. The zero-order valence-electron chi connectivity index (χ0n) is 6.41. The smallest absolute Gasteiger partial charge is 0.268 e. The first-order chi connectivity index (χ1) is 6.15. The Balaban J connectivity index is 3.07. The van der Waals surface area contributed by atoms with Gasteiger partial charge in [0.15, 0.2) is 6.19 Å². The van der Waals surface area contributed by atoms with Gasteiger partial charge in [0.05, 0.1) is 5.56 Å². The molecule has 66 valence electrons. The highest BCUT2D eigenvalue weighted by Crippen LogP contribution is 2.17. The summed E-state index contributed by atoms with van der Waals surface area (Å²) in [4.78, 5) is 11.0. The lowest BCUT2D eigenvalue weighted by atomic mass is 10.2. The SMILES string of the molecule is N#CNC(=O)c1cc(F)ccc1O. The Morgan fingerprint density at radius 2 is 2.31 bits per heavy atom. The fraction of sp³-hybridized carbons (Fsp3) is 0. The second-order valence-corrected chi connectivity index (χ2v) is 2.23. The van der Waals surface area contributed by atoms with Gasteiger partial charge in [-0.1, -0.05) is 0 Å². The van der Waals surface area contributed by atoms with Gasteiger partial charge in [0.25, 0.3) is 5.91 Å². The van der Waals surface area contributed by atoms with Crippen molar-refractivity contribution >= 4 is 5.91 Å². The Kier molecular flexibility index (Phi) is 2.45. The van der Waals surface area contributed by atoms with Crippen molar-refractivity contribution in [1.82, 2.24) is 5.32 Å². The van der Waals surface area contributed by atoms with Crippen LogP contribution in [-0.4, -0.2) is 11.0 Å². The highest BCUT2D eigenvalue weighted by atomic mass is 19.1. The van der Waals surface area contributed by atoms with Gasteiger partial charge in [0, 0.05) is 0 Å². The maximum atomic E-state index is 12.6. The van der Waals surface area contributed by atoms with Crippen LogP contribution in [0.25, 0.3) is 0 Å². The molecule has 0 saturated heterocycles. The Morgan fingerprint density at radius 1 is 1.62 bits per heavy atom. The lowest BCUT2D eigenvalue weighted by Crippen LogP contribution is -2.17. The summed E-state index contributed by atoms with van der Waals surface area (Å²) >= 11 is 0. The monoisotopic (exact) mass is 180 g/mol. The number of amides is 1. The quantitative estimate of drug-likeness (QED) is 0.494. The third kappa shape index (κ3) is 1.93. The fourth-order valence-corrected chi connectivity index (χ4v) is 0.808. The molecule has 5 heteroatoms. The van der Waals surface area contributed by atoms with E-state index in [0.29, 0.717) is 0 Å². The van der Waals surface area contributed by atoms with Crippen LogP contribution in [0.5, 0.6) is 5.75 Å². The second-order valence-electron chi connectivity index (χ2n) is 2.23. The largest absolute Gasteiger partial charge is 0.507 e. The van der Waals surface area contributed by atoms with E-state index in [0.717, 1.165) is 18.2 Å². The molecule has 0 aliphatic heterocycles. The van der Waals surface area contributed by atoms with Crippen molar-refractivity contribution in [2.24, 2.45) is 0 Å². The maximum absolute atomic E-state index is 12.6. The van der Waals surface area contributed by atoms with Crippen molar-refractivity contribution in [1.29, 1.82) is 5.26 Å². The summed E-state index contributed by atoms with van der Waals surface area (Å²) in [6.07, 6.45) is 1.38. The lowest BCUT2D eigenvalue weighted by molar-refractivity contribution is 0.0970. The standard InChI is InChI=1S/C8H5FN2O2/c9-5-1-2-7(12)6(3-5)8(13)11-4-10/h1-3,12H,(H,11,13). The number of nitrogens with zero attached hydrogens (tertiary/aromatic N) is 1. The number of hydrogen-bond donors (Lipinski definition) is 2. The fourth-order valence-electron chi connectivity index (χ4n) is 0.808. The number of halogens is 1. The van der Waals surface area contributed by atoms with Crippen LogP contribution >= 0.6 is 0 Å². The van der Waals surface area contributed by atoms with Gasteiger partial charge in [0.2, 0.25) is 0 Å². The van der Waals surface area contributed by atoms with Crippen molar-refractivity contribution in [3.05, 3.63) is 29.6 Å². The van der Waals surface area contributed by atoms with E-state index in [1.54, 1.807) is 5.32 Å². The van der Waals surface area contributed by atoms with Crippen LogP contribution in [0.2, 0.25) is 0 Å². The summed E-state index contributed by atoms with van der Waals surface area (Å²) in [7, 11) is 0. The molecule has 0 saturated carbocycles. The van der Waals surface area contributed by atoms with E-state index >= 15 is 0 Å². The molecule has 0 unspecified atom stereocenters. The molecule has 1 amide bonds. The minimum atomic E-state index is -0.834. The number of nitrogens with one attached hydrogen (secondary N) is 1. The lowest BCUT2D eigenvalue weighted by Gasteiger charge is -2.00. The number of benzene rings is 1. The summed E-state index contributed by atoms with van der Waals surface area (Å²) in [5, 5.41) is 19.0. The normalized spacial score (nSPS) is 8.92. The van der Waals surface area contributed by atoms with Crippen LogP contribution in [0.4, 0.5) is 4.39 Å². The van der Waals surface area contributed by atoms with Crippen molar-refractivity contribution in [2.75, 3.05) is 0 Å². The van der Waals surface area contributed by atoms with Crippen LogP contribution < -0.4 is 5.32 Å². The van der Waals surface area contributed by atoms with E-state index in [2.05, 4.69) is 0 Å². The molecular weight excluding hydrogens is 175 g/mol. The summed E-state index contributed by atoms with van der Waals surface area (Å²) in [5.41, 5.74) is -0.262. The van der Waals surface area contributed by atoms with Crippen molar-refractivity contribution < 1.29 is 14.3 Å². The first-order valence-electron chi connectivity index (χ1n) is 3.33. The molecule has 0 aliphatic rings. The van der Waals surface area contributed by atoms with Crippen LogP contribution in [0.1, 0.15) is 10.4 Å². The van der Waals surface area contributed by atoms with Gasteiger partial charge in [0.1, 0.15) is 11.6 Å². The molecule has 0 aliphatic carbocycles. The predicted molar refractivity (Wildman–Crippen MR) is 41.1 cm³/mol. The Labute approximate surface area is 73.2 Å². The molecule has 0 aromatic heterocycles. The summed E-state index contributed by atoms with van der Waals surface area (Å²) in [5.74, 6) is -1.85. The second kappa shape index (κ2) is 3.54. The van der Waals surface area contributed by atoms with E-state index in [4.69, 9.17) is 10.4 Å². The molecule has 4 nitrogen and oxygen atoms in total. The number of nitriles is 1. The molecule has 1 aromatic rings. The van der Waals surface area contributed by atoms with E-state index in [1.165, 1.54) is 6.19 Å². The number of carbonyl (C=O) groups is 1. The molecule has 0 radical (unpaired) electrons. The number of rotatable bonds is 1. The Bertz CT molecular complexity index is 384. The Morgan fingerprint density at radius 3 is 2.92 bits per heavy atom. The van der Waals surface area contributed by atoms with E-state index in [9.17, 15) is 9.18 Å². The average Bonchev–Trinajstić information content (AvgIpc) is 2.09. The zero-order valence-corrected chi connectivity index (χ0v) is 6.41. The third-order valence-corrected chi connectivity index (χ3v) is 1.37. The molecule has 0 atom stereocenters. The number of hydrogen-bond acceptors (Lipinski definition) is 3. The van der Waals surface area contributed by atoms with Gasteiger partial charge < -0.3 is 5.11 Å². The van der Waals surface area contributed by atoms with Gasteiger partial charge in [-0.15, -0.1) is 0 Å². The van der Waals surface area contributed by atoms with Crippen LogP contribution in [0.15, 0.2) is 18.2 Å². The molecular formula is C8H5FN2O2. The molecule has 1 rings (SSSR count). The maximum Gasteiger partial charge on any atom is 0.268 e. The van der Waals surface area contributed by atoms with Gasteiger partial charge in [-0.05, 0) is 18.2 Å². The molecule has 1 aromatic carbocycles. The van der Waals surface area contributed by atoms with Crippen LogP contribution in [0.3, 0.4) is 0 Å². The molecule has 0 fully saturated rings. The highest BCUT2D eigenvalue weighted by Gasteiger charge is 2.10. The average molecular weight is 180 g/mol. The first-order valence-corrected chi connectivity index (χ1v) is 3.33. The molecule has 0 heterocycles. The van der Waals surface area contributed by atoms with Gasteiger partial charge in [-0.3, -0.25) is 10.1 Å². The molecule has 13 heavy (non-hydrogen) atoms. The summed E-state index contributed by atoms with van der Waals surface area (Å²) < 4.78 is 12.6. The number of phenolic OH excluding ortho intramolecular Hbond substituents is 1. The van der Waals surface area contributed by atoms with Crippen molar-refractivity contribution in [3.8, 4) is 11.9 Å². The first kappa shape index (κ1) is 9.00.